The summed E-state index contributed by atoms with van der Waals surface area (Å²) in [5.41, 5.74) is 3.59. The second-order valence-electron chi connectivity index (χ2n) is 7.25. The first-order valence-electron chi connectivity index (χ1n) is 10.1. The predicted octanol–water partition coefficient (Wildman–Crippen LogP) is 2.65. The number of carbonyl (C=O) groups is 2. The molecule has 164 valence electrons. The van der Waals surface area contributed by atoms with E-state index in [0.29, 0.717) is 23.6 Å². The van der Waals surface area contributed by atoms with Gasteiger partial charge in [-0.2, -0.15) is 0 Å². The molecule has 0 aliphatic carbocycles. The highest BCUT2D eigenvalue weighted by Crippen LogP contribution is 2.23. The lowest BCUT2D eigenvalue weighted by Crippen LogP contribution is -2.22. The second-order valence-corrected chi connectivity index (χ2v) is 7.25. The fourth-order valence-electron chi connectivity index (χ4n) is 3.65. The number of benzene rings is 1. The Labute approximate surface area is 180 Å². The maximum Gasteiger partial charge on any atom is 0.332 e. The molecule has 2 heterocycles. The Balaban J connectivity index is 1.97. The third-order valence-corrected chi connectivity index (χ3v) is 5.27. The molecule has 0 amide bonds. The van der Waals surface area contributed by atoms with Crippen LogP contribution in [-0.2, 0) is 21.3 Å². The molecule has 0 N–H and O–H groups in total. The molecular formula is C23H27N3O5. The van der Waals surface area contributed by atoms with Gasteiger partial charge < -0.3 is 14.0 Å². The van der Waals surface area contributed by atoms with E-state index in [1.165, 1.54) is 0 Å². The zero-order valence-corrected chi connectivity index (χ0v) is 18.5. The molecule has 1 aromatic carbocycles. The van der Waals surface area contributed by atoms with Gasteiger partial charge in [-0.05, 0) is 45.9 Å². The number of para-hydroxylation sites is 1. The fourth-order valence-corrected chi connectivity index (χ4v) is 3.65. The van der Waals surface area contributed by atoms with Crippen molar-refractivity contribution in [3.05, 3.63) is 69.4 Å². The largest absolute Gasteiger partial charge is 0.456 e. The lowest BCUT2D eigenvalue weighted by molar-refractivity contribution is -0.147. The molecule has 2 aromatic heterocycles. The van der Waals surface area contributed by atoms with Crippen LogP contribution >= 0.6 is 0 Å². The smallest absolute Gasteiger partial charge is 0.332 e. The first kappa shape index (κ1) is 22.3. The van der Waals surface area contributed by atoms with E-state index in [2.05, 4.69) is 0 Å². The summed E-state index contributed by atoms with van der Waals surface area (Å²) in [5.74, 6) is -0.921. The quantitative estimate of drug-likeness (QED) is 0.409. The average Bonchev–Trinajstić information content (AvgIpc) is 3.16. The number of ether oxygens (including phenoxy) is 2. The topological polar surface area (TPSA) is 84.5 Å². The van der Waals surface area contributed by atoms with Gasteiger partial charge in [0, 0.05) is 30.6 Å². The fraction of sp³-hybridized carbons (Fsp3) is 0.348. The zero-order valence-electron chi connectivity index (χ0n) is 18.5. The molecule has 0 bridgehead atoms. The first-order valence-corrected chi connectivity index (χ1v) is 10.1. The third kappa shape index (κ3) is 4.25. The number of carbonyl (C=O) groups excluding carboxylic acids is 2. The lowest BCUT2D eigenvalue weighted by Gasteiger charge is -2.09. The maximum atomic E-state index is 13.4. The number of nitrogens with zero attached hydrogens (tertiary/aromatic N) is 3. The first-order chi connectivity index (χ1) is 14.8. The molecule has 0 atom stereocenters. The number of hydrogen-bond acceptors (Lipinski definition) is 5. The number of aryl methyl sites for hydroxylation is 1. The summed E-state index contributed by atoms with van der Waals surface area (Å²) < 4.78 is 15.2. The van der Waals surface area contributed by atoms with E-state index in [0.717, 1.165) is 17.1 Å². The van der Waals surface area contributed by atoms with Gasteiger partial charge in [-0.1, -0.05) is 18.2 Å². The summed E-state index contributed by atoms with van der Waals surface area (Å²) in [6.07, 6.45) is 0. The van der Waals surface area contributed by atoms with E-state index < -0.39 is 5.97 Å². The molecule has 0 aliphatic heterocycles. The number of Topliss-reactive ketones (excluding diaryl/α,β-unsaturated/α-hetero) is 1. The SMILES string of the molecule is CCOCC(=O)OCC(=O)c1cc(C)n(-c2c(C)n(C)n(-c3ccccc3)c2=O)c1C. The van der Waals surface area contributed by atoms with E-state index in [-0.39, 0.29) is 24.6 Å². The van der Waals surface area contributed by atoms with E-state index in [9.17, 15) is 14.4 Å². The van der Waals surface area contributed by atoms with Crippen LogP contribution in [0.15, 0.2) is 41.2 Å². The van der Waals surface area contributed by atoms with Crippen molar-refractivity contribution in [2.75, 3.05) is 19.8 Å². The molecule has 3 aromatic rings. The summed E-state index contributed by atoms with van der Waals surface area (Å²) in [6.45, 7) is 7.08. The van der Waals surface area contributed by atoms with Crippen molar-refractivity contribution in [2.45, 2.75) is 27.7 Å². The molecule has 0 fully saturated rings. The molecule has 3 rings (SSSR count). The van der Waals surface area contributed by atoms with Crippen molar-refractivity contribution >= 4 is 11.8 Å². The van der Waals surface area contributed by atoms with Crippen LogP contribution in [0.1, 0.15) is 34.4 Å². The molecule has 0 unspecified atom stereocenters. The average molecular weight is 425 g/mol. The van der Waals surface area contributed by atoms with Crippen molar-refractivity contribution in [3.63, 3.8) is 0 Å². The van der Waals surface area contributed by atoms with Gasteiger partial charge >= 0.3 is 5.97 Å². The highest BCUT2D eigenvalue weighted by Gasteiger charge is 2.24. The summed E-state index contributed by atoms with van der Waals surface area (Å²) in [7, 11) is 1.82. The van der Waals surface area contributed by atoms with Crippen LogP contribution in [0.4, 0.5) is 0 Å². The van der Waals surface area contributed by atoms with Crippen LogP contribution in [0.2, 0.25) is 0 Å². The monoisotopic (exact) mass is 425 g/mol. The number of aromatic nitrogens is 3. The van der Waals surface area contributed by atoms with Crippen LogP contribution in [0.25, 0.3) is 11.4 Å². The van der Waals surface area contributed by atoms with Crippen LogP contribution in [-0.4, -0.2) is 45.5 Å². The molecule has 0 saturated heterocycles. The zero-order chi connectivity index (χ0) is 22.7. The van der Waals surface area contributed by atoms with Gasteiger partial charge in [0.1, 0.15) is 12.3 Å². The molecule has 8 heteroatoms. The van der Waals surface area contributed by atoms with Crippen LogP contribution in [0.3, 0.4) is 0 Å². The van der Waals surface area contributed by atoms with Crippen molar-refractivity contribution < 1.29 is 19.1 Å². The Hall–Kier alpha value is -3.39. The van der Waals surface area contributed by atoms with Gasteiger partial charge in [0.15, 0.2) is 6.61 Å². The normalized spacial score (nSPS) is 11.0. The Bertz CT molecular complexity index is 1170. The summed E-state index contributed by atoms with van der Waals surface area (Å²) in [4.78, 5) is 37.7. The van der Waals surface area contributed by atoms with E-state index >= 15 is 0 Å². The highest BCUT2D eigenvalue weighted by atomic mass is 16.6. The lowest BCUT2D eigenvalue weighted by atomic mass is 10.1. The van der Waals surface area contributed by atoms with Gasteiger partial charge in [0.25, 0.3) is 5.56 Å². The van der Waals surface area contributed by atoms with Gasteiger partial charge in [-0.15, -0.1) is 0 Å². The van der Waals surface area contributed by atoms with Crippen molar-refractivity contribution in [2.24, 2.45) is 7.05 Å². The highest BCUT2D eigenvalue weighted by molar-refractivity contribution is 5.99. The van der Waals surface area contributed by atoms with Crippen molar-refractivity contribution in [3.8, 4) is 11.4 Å². The van der Waals surface area contributed by atoms with Crippen molar-refractivity contribution in [1.82, 2.24) is 13.9 Å². The minimum absolute atomic E-state index is 0.185. The minimum Gasteiger partial charge on any atom is -0.456 e. The molecule has 0 radical (unpaired) electrons. The minimum atomic E-state index is -0.589. The van der Waals surface area contributed by atoms with Crippen LogP contribution in [0.5, 0.6) is 0 Å². The van der Waals surface area contributed by atoms with Crippen LogP contribution in [0, 0.1) is 20.8 Å². The van der Waals surface area contributed by atoms with Gasteiger partial charge in [-0.25, -0.2) is 9.48 Å². The Kier molecular flexibility index (Phi) is 6.60. The van der Waals surface area contributed by atoms with E-state index in [4.69, 9.17) is 9.47 Å². The molecule has 0 aliphatic rings. The summed E-state index contributed by atoms with van der Waals surface area (Å²) in [6, 6.07) is 11.1. The summed E-state index contributed by atoms with van der Waals surface area (Å²) >= 11 is 0. The third-order valence-electron chi connectivity index (χ3n) is 5.27. The van der Waals surface area contributed by atoms with E-state index in [1.807, 2.05) is 51.2 Å². The summed E-state index contributed by atoms with van der Waals surface area (Å²) in [5, 5.41) is 0. The van der Waals surface area contributed by atoms with Gasteiger partial charge in [-0.3, -0.25) is 14.3 Å². The molecular weight excluding hydrogens is 398 g/mol. The Morgan fingerprint density at radius 2 is 1.68 bits per heavy atom. The number of hydrogen-bond donors (Lipinski definition) is 0. The molecule has 31 heavy (non-hydrogen) atoms. The van der Waals surface area contributed by atoms with Gasteiger partial charge in [0.05, 0.1) is 11.4 Å². The second kappa shape index (κ2) is 9.18. The number of ketones is 1. The predicted molar refractivity (Wildman–Crippen MR) is 116 cm³/mol. The molecule has 8 nitrogen and oxygen atoms in total. The Morgan fingerprint density at radius 1 is 1.00 bits per heavy atom. The molecule has 0 spiro atoms. The number of rotatable bonds is 8. The van der Waals surface area contributed by atoms with Crippen LogP contribution < -0.4 is 5.56 Å². The van der Waals surface area contributed by atoms with Gasteiger partial charge in [0.2, 0.25) is 5.78 Å². The standard InChI is InChI=1S/C23H27N3O5/c1-6-30-14-21(28)31-13-20(27)19-12-15(2)25(16(19)3)22-17(4)24(5)26(23(22)29)18-10-8-7-9-11-18/h7-12H,6,13-14H2,1-5H3. The van der Waals surface area contributed by atoms with E-state index in [1.54, 1.807) is 33.8 Å². The maximum absolute atomic E-state index is 13.4. The Morgan fingerprint density at radius 3 is 2.32 bits per heavy atom. The number of esters is 1. The molecule has 0 saturated carbocycles. The van der Waals surface area contributed by atoms with Crippen molar-refractivity contribution in [1.29, 1.82) is 0 Å².